The topological polar surface area (TPSA) is 75.7 Å². The van der Waals surface area contributed by atoms with Crippen molar-refractivity contribution in [3.8, 4) is 5.75 Å². The van der Waals surface area contributed by atoms with Gasteiger partial charge < -0.3 is 10.1 Å². The van der Waals surface area contributed by atoms with E-state index in [2.05, 4.69) is 30.2 Å². The van der Waals surface area contributed by atoms with Crippen molar-refractivity contribution in [1.29, 1.82) is 0 Å². The molecule has 1 aromatic carbocycles. The minimum Gasteiger partial charge on any atom is -0.487 e. The Labute approximate surface area is 155 Å². The standard InChI is InChI=1S/C17H14F5N5O/c18-14(19)8-28-13-4-3-11(6-12(13)17(20,21)22)26-15(16-24-9-25-27-16)10-2-1-5-23-7-10/h1-7,9,14-15,26H,8H2,(H,24,25,27). The van der Waals surface area contributed by atoms with Crippen LogP contribution in [0.2, 0.25) is 0 Å². The third kappa shape index (κ3) is 4.72. The number of alkyl halides is 5. The van der Waals surface area contributed by atoms with Gasteiger partial charge in [0.1, 0.15) is 24.7 Å². The highest BCUT2D eigenvalue weighted by Gasteiger charge is 2.35. The van der Waals surface area contributed by atoms with Crippen molar-refractivity contribution in [3.05, 3.63) is 66.0 Å². The van der Waals surface area contributed by atoms with E-state index in [-0.39, 0.29) is 5.69 Å². The second-order valence-electron chi connectivity index (χ2n) is 5.65. The van der Waals surface area contributed by atoms with Gasteiger partial charge in [0.05, 0.1) is 5.56 Å². The van der Waals surface area contributed by atoms with Crippen molar-refractivity contribution >= 4 is 5.69 Å². The third-order valence-corrected chi connectivity index (χ3v) is 3.69. The Hall–Kier alpha value is -3.24. The molecule has 28 heavy (non-hydrogen) atoms. The highest BCUT2D eigenvalue weighted by molar-refractivity contribution is 5.54. The van der Waals surface area contributed by atoms with E-state index in [4.69, 9.17) is 0 Å². The summed E-state index contributed by atoms with van der Waals surface area (Å²) < 4.78 is 69.3. The molecule has 0 radical (unpaired) electrons. The predicted molar refractivity (Wildman–Crippen MR) is 89.0 cm³/mol. The molecule has 11 heteroatoms. The molecule has 0 saturated heterocycles. The summed E-state index contributed by atoms with van der Waals surface area (Å²) >= 11 is 0. The number of rotatable bonds is 7. The van der Waals surface area contributed by atoms with Crippen LogP contribution in [0.25, 0.3) is 0 Å². The van der Waals surface area contributed by atoms with Crippen LogP contribution in [-0.2, 0) is 6.18 Å². The van der Waals surface area contributed by atoms with Gasteiger partial charge in [0.15, 0.2) is 5.82 Å². The molecule has 0 amide bonds. The highest BCUT2D eigenvalue weighted by atomic mass is 19.4. The molecule has 2 heterocycles. The Bertz CT molecular complexity index is 887. The van der Waals surface area contributed by atoms with E-state index < -0.39 is 36.6 Å². The van der Waals surface area contributed by atoms with E-state index in [1.807, 2.05) is 0 Å². The number of benzene rings is 1. The summed E-state index contributed by atoms with van der Waals surface area (Å²) in [7, 11) is 0. The van der Waals surface area contributed by atoms with Crippen molar-refractivity contribution in [3.63, 3.8) is 0 Å². The smallest absolute Gasteiger partial charge is 0.420 e. The molecule has 6 nitrogen and oxygen atoms in total. The minimum absolute atomic E-state index is 0.0852. The Morgan fingerprint density at radius 3 is 2.61 bits per heavy atom. The molecule has 0 aliphatic heterocycles. The van der Waals surface area contributed by atoms with Crippen LogP contribution < -0.4 is 10.1 Å². The number of halogens is 5. The number of pyridine rings is 1. The van der Waals surface area contributed by atoms with E-state index in [0.29, 0.717) is 11.4 Å². The van der Waals surface area contributed by atoms with Crippen LogP contribution in [0.4, 0.5) is 27.6 Å². The minimum atomic E-state index is -4.79. The summed E-state index contributed by atoms with van der Waals surface area (Å²) in [5, 5.41) is 9.34. The summed E-state index contributed by atoms with van der Waals surface area (Å²) in [6, 6.07) is 5.82. The van der Waals surface area contributed by atoms with Crippen molar-refractivity contribution in [2.75, 3.05) is 11.9 Å². The molecule has 2 aromatic heterocycles. The first-order chi connectivity index (χ1) is 13.3. The van der Waals surface area contributed by atoms with Crippen LogP contribution in [-0.4, -0.2) is 33.2 Å². The summed E-state index contributed by atoms with van der Waals surface area (Å²) in [6.45, 7) is -1.13. The van der Waals surface area contributed by atoms with Crippen molar-refractivity contribution in [2.45, 2.75) is 18.6 Å². The number of H-pyrrole nitrogens is 1. The lowest BCUT2D eigenvalue weighted by molar-refractivity contribution is -0.139. The zero-order valence-electron chi connectivity index (χ0n) is 14.1. The highest BCUT2D eigenvalue weighted by Crippen LogP contribution is 2.39. The number of ether oxygens (including phenoxy) is 1. The van der Waals surface area contributed by atoms with Gasteiger partial charge in [-0.3, -0.25) is 10.1 Å². The van der Waals surface area contributed by atoms with Crippen LogP contribution in [0.5, 0.6) is 5.75 Å². The number of anilines is 1. The maximum Gasteiger partial charge on any atom is 0.420 e. The number of hydrogen-bond acceptors (Lipinski definition) is 5. The summed E-state index contributed by atoms with van der Waals surface area (Å²) in [6.07, 6.45) is -3.32. The molecule has 3 rings (SSSR count). The van der Waals surface area contributed by atoms with Gasteiger partial charge >= 0.3 is 6.18 Å². The van der Waals surface area contributed by atoms with Gasteiger partial charge in [0.2, 0.25) is 0 Å². The lowest BCUT2D eigenvalue weighted by Crippen LogP contribution is -2.16. The van der Waals surface area contributed by atoms with Gasteiger partial charge in [-0.15, -0.1) is 0 Å². The molecule has 2 N–H and O–H groups in total. The van der Waals surface area contributed by atoms with Gasteiger partial charge in [-0.1, -0.05) is 6.07 Å². The maximum absolute atomic E-state index is 13.4. The molecule has 1 atom stereocenters. The van der Waals surface area contributed by atoms with Crippen molar-refractivity contribution in [2.24, 2.45) is 0 Å². The average molecular weight is 399 g/mol. The number of nitrogens with one attached hydrogen (secondary N) is 2. The average Bonchev–Trinajstić information content (AvgIpc) is 3.19. The van der Waals surface area contributed by atoms with E-state index in [0.717, 1.165) is 12.1 Å². The first-order valence-electron chi connectivity index (χ1n) is 7.98. The molecule has 0 fully saturated rings. The monoisotopic (exact) mass is 399 g/mol. The van der Waals surface area contributed by atoms with Crippen molar-refractivity contribution in [1.82, 2.24) is 20.2 Å². The first kappa shape index (κ1) is 19.5. The molecule has 3 aromatic rings. The molecule has 0 aliphatic carbocycles. The fourth-order valence-corrected chi connectivity index (χ4v) is 2.50. The number of hydrogen-bond donors (Lipinski definition) is 2. The van der Waals surface area contributed by atoms with Crippen molar-refractivity contribution < 1.29 is 26.7 Å². The lowest BCUT2D eigenvalue weighted by Gasteiger charge is -2.20. The molecule has 1 unspecified atom stereocenters. The zero-order valence-corrected chi connectivity index (χ0v) is 14.1. The fraction of sp³-hybridized carbons (Fsp3) is 0.235. The second-order valence-corrected chi connectivity index (χ2v) is 5.65. The predicted octanol–water partition coefficient (Wildman–Crippen LogP) is 4.06. The van der Waals surface area contributed by atoms with Gasteiger partial charge in [0.25, 0.3) is 6.43 Å². The number of aromatic amines is 1. The summed E-state index contributed by atoms with van der Waals surface area (Å²) in [5.74, 6) is -0.310. The van der Waals surface area contributed by atoms with Crippen LogP contribution in [0.15, 0.2) is 49.1 Å². The van der Waals surface area contributed by atoms with Crippen LogP contribution >= 0.6 is 0 Å². The van der Waals surface area contributed by atoms with Crippen LogP contribution in [0.1, 0.15) is 23.0 Å². The molecule has 0 spiro atoms. The largest absolute Gasteiger partial charge is 0.487 e. The molecule has 0 saturated carbocycles. The first-order valence-corrected chi connectivity index (χ1v) is 7.98. The number of aromatic nitrogens is 4. The fourth-order valence-electron chi connectivity index (χ4n) is 2.50. The zero-order chi connectivity index (χ0) is 20.1. The number of nitrogens with zero attached hydrogens (tertiary/aromatic N) is 3. The Morgan fingerprint density at radius 1 is 1.18 bits per heavy atom. The Morgan fingerprint density at radius 2 is 2.00 bits per heavy atom. The van der Waals surface area contributed by atoms with Gasteiger partial charge in [-0.05, 0) is 24.3 Å². The van der Waals surface area contributed by atoms with Gasteiger partial charge in [0, 0.05) is 23.6 Å². The van der Waals surface area contributed by atoms with E-state index in [1.165, 1.54) is 18.6 Å². The molecule has 0 bridgehead atoms. The van der Waals surface area contributed by atoms with Gasteiger partial charge in [-0.25, -0.2) is 13.8 Å². The maximum atomic E-state index is 13.4. The normalized spacial score (nSPS) is 12.8. The Kier molecular flexibility index (Phi) is 5.71. The third-order valence-electron chi connectivity index (χ3n) is 3.69. The molecule has 0 aliphatic rings. The lowest BCUT2D eigenvalue weighted by atomic mass is 10.1. The van der Waals surface area contributed by atoms with E-state index in [9.17, 15) is 22.0 Å². The summed E-state index contributed by atoms with van der Waals surface area (Å²) in [4.78, 5) is 8.04. The van der Waals surface area contributed by atoms with Crippen LogP contribution in [0, 0.1) is 0 Å². The molecule has 148 valence electrons. The summed E-state index contributed by atoms with van der Waals surface area (Å²) in [5.41, 5.74) is -0.450. The van der Waals surface area contributed by atoms with Gasteiger partial charge in [-0.2, -0.15) is 18.3 Å². The molecular weight excluding hydrogens is 385 g/mol. The molecular formula is C17H14F5N5O. The second kappa shape index (κ2) is 8.19. The Balaban J connectivity index is 1.93. The quantitative estimate of drug-likeness (QED) is 0.586. The SMILES string of the molecule is FC(F)COc1ccc(NC(c2cccnc2)c2ncn[nH]2)cc1C(F)(F)F. The van der Waals surface area contributed by atoms with E-state index in [1.54, 1.807) is 18.3 Å². The van der Waals surface area contributed by atoms with E-state index >= 15 is 0 Å². The van der Waals surface area contributed by atoms with Crippen LogP contribution in [0.3, 0.4) is 0 Å².